The molecule has 0 bridgehead atoms. The van der Waals surface area contributed by atoms with Gasteiger partial charge in [0.2, 0.25) is 11.8 Å². The van der Waals surface area contributed by atoms with Crippen LogP contribution >= 0.6 is 11.3 Å². The molecule has 0 saturated heterocycles. The zero-order chi connectivity index (χ0) is 25.5. The van der Waals surface area contributed by atoms with Crippen molar-refractivity contribution in [1.82, 2.24) is 30.4 Å². The number of nitrogens with zero attached hydrogens (tertiary/aromatic N) is 4. The number of unbranched alkanes of at least 4 members (excludes halogenated alkanes) is 2. The van der Waals surface area contributed by atoms with Gasteiger partial charge in [0.15, 0.2) is 5.76 Å². The molecule has 36 heavy (non-hydrogen) atoms. The van der Waals surface area contributed by atoms with Gasteiger partial charge in [0, 0.05) is 37.8 Å². The maximum atomic E-state index is 12.8. The lowest BCUT2D eigenvalue weighted by Crippen LogP contribution is -2.28. The Morgan fingerprint density at radius 1 is 1.06 bits per heavy atom. The molecule has 2 amide bonds. The minimum absolute atomic E-state index is 0.0341. The van der Waals surface area contributed by atoms with E-state index in [4.69, 9.17) is 4.42 Å². The molecule has 1 atom stereocenters. The van der Waals surface area contributed by atoms with Crippen molar-refractivity contribution >= 4 is 23.2 Å². The van der Waals surface area contributed by atoms with Crippen LogP contribution in [-0.2, 0) is 11.8 Å². The van der Waals surface area contributed by atoms with E-state index in [1.807, 2.05) is 50.5 Å². The highest BCUT2D eigenvalue weighted by atomic mass is 32.1. The van der Waals surface area contributed by atoms with E-state index in [2.05, 4.69) is 25.7 Å². The number of thiazole rings is 1. The second kappa shape index (κ2) is 11.8. The molecule has 4 rings (SSSR count). The molecule has 10 heteroatoms. The SMILES string of the molecule is CNC(=O)CCCCC[C@H](NC(=O)c1cnc(C)s1)c1ncc(-c2ccc(-c3ccn(C)n3)cc2)o1. The molecule has 0 aliphatic rings. The lowest BCUT2D eigenvalue weighted by Gasteiger charge is -2.15. The smallest absolute Gasteiger partial charge is 0.263 e. The third-order valence-electron chi connectivity index (χ3n) is 5.83. The second-order valence-corrected chi connectivity index (χ2v) is 9.79. The lowest BCUT2D eigenvalue weighted by molar-refractivity contribution is -0.120. The summed E-state index contributed by atoms with van der Waals surface area (Å²) in [6.07, 6.45) is 8.79. The Hall–Kier alpha value is -3.79. The summed E-state index contributed by atoms with van der Waals surface area (Å²) in [4.78, 5) is 33.5. The van der Waals surface area contributed by atoms with Crippen molar-refractivity contribution in [3.63, 3.8) is 0 Å². The Morgan fingerprint density at radius 2 is 1.83 bits per heavy atom. The number of aromatic nitrogens is 4. The molecule has 3 aromatic heterocycles. The maximum absolute atomic E-state index is 12.8. The number of rotatable bonds is 11. The zero-order valence-corrected chi connectivity index (χ0v) is 21.5. The third-order valence-corrected chi connectivity index (χ3v) is 6.74. The van der Waals surface area contributed by atoms with Crippen LogP contribution < -0.4 is 10.6 Å². The lowest BCUT2D eigenvalue weighted by atomic mass is 10.1. The summed E-state index contributed by atoms with van der Waals surface area (Å²) in [6.45, 7) is 1.87. The molecule has 0 fully saturated rings. The Kier molecular flexibility index (Phi) is 8.27. The van der Waals surface area contributed by atoms with E-state index in [9.17, 15) is 9.59 Å². The van der Waals surface area contributed by atoms with Crippen LogP contribution in [0.4, 0.5) is 0 Å². The molecule has 2 N–H and O–H groups in total. The molecule has 9 nitrogen and oxygen atoms in total. The normalized spacial score (nSPS) is 11.9. The standard InChI is InChI=1S/C26H30N6O3S/c1-17-28-16-23(36-17)25(34)30-21(7-5-4-6-8-24(33)27-2)26-29-15-22(35-26)19-11-9-18(10-12-19)20-13-14-32(3)31-20/h9-16,21H,4-8H2,1-3H3,(H,27,33)(H,30,34)/t21-/m0/s1. The van der Waals surface area contributed by atoms with Crippen LogP contribution in [0.2, 0.25) is 0 Å². The van der Waals surface area contributed by atoms with Crippen molar-refractivity contribution in [3.8, 4) is 22.6 Å². The summed E-state index contributed by atoms with van der Waals surface area (Å²) in [5.41, 5.74) is 2.81. The van der Waals surface area contributed by atoms with Gasteiger partial charge in [-0.25, -0.2) is 9.97 Å². The number of benzene rings is 1. The summed E-state index contributed by atoms with van der Waals surface area (Å²) < 4.78 is 7.88. The largest absolute Gasteiger partial charge is 0.438 e. The molecule has 1 aromatic carbocycles. The van der Waals surface area contributed by atoms with Crippen LogP contribution in [-0.4, -0.2) is 38.6 Å². The number of hydrogen-bond donors (Lipinski definition) is 2. The first-order chi connectivity index (χ1) is 17.4. The molecule has 0 aliphatic heterocycles. The summed E-state index contributed by atoms with van der Waals surface area (Å²) in [5, 5.41) is 11.0. The van der Waals surface area contributed by atoms with Crippen molar-refractivity contribution < 1.29 is 14.0 Å². The van der Waals surface area contributed by atoms with Crippen LogP contribution in [0.25, 0.3) is 22.6 Å². The highest BCUT2D eigenvalue weighted by Crippen LogP contribution is 2.28. The topological polar surface area (TPSA) is 115 Å². The van der Waals surface area contributed by atoms with Gasteiger partial charge in [-0.1, -0.05) is 37.1 Å². The van der Waals surface area contributed by atoms with Crippen LogP contribution in [0.15, 0.2) is 53.3 Å². The Balaban J connectivity index is 1.46. The highest BCUT2D eigenvalue weighted by molar-refractivity contribution is 7.13. The van der Waals surface area contributed by atoms with Gasteiger partial charge >= 0.3 is 0 Å². The van der Waals surface area contributed by atoms with Crippen LogP contribution in [0.3, 0.4) is 0 Å². The Labute approximate surface area is 214 Å². The fourth-order valence-corrected chi connectivity index (χ4v) is 4.53. The molecular formula is C26H30N6O3S. The summed E-state index contributed by atoms with van der Waals surface area (Å²) in [5.74, 6) is 0.923. The first-order valence-electron chi connectivity index (χ1n) is 11.9. The van der Waals surface area contributed by atoms with Gasteiger partial charge in [-0.15, -0.1) is 11.3 Å². The average Bonchev–Trinajstić information content (AvgIpc) is 3.64. The molecule has 0 aliphatic carbocycles. The summed E-state index contributed by atoms with van der Waals surface area (Å²) >= 11 is 1.35. The molecule has 0 radical (unpaired) electrons. The zero-order valence-electron chi connectivity index (χ0n) is 20.7. The van der Waals surface area contributed by atoms with Crippen molar-refractivity contribution in [2.24, 2.45) is 7.05 Å². The van der Waals surface area contributed by atoms with E-state index in [1.165, 1.54) is 11.3 Å². The number of carbonyl (C=O) groups is 2. The number of carbonyl (C=O) groups excluding carboxylic acids is 2. The highest BCUT2D eigenvalue weighted by Gasteiger charge is 2.22. The van der Waals surface area contributed by atoms with Crippen LogP contribution in [0.5, 0.6) is 0 Å². The maximum Gasteiger partial charge on any atom is 0.263 e. The minimum Gasteiger partial charge on any atom is -0.438 e. The van der Waals surface area contributed by atoms with E-state index < -0.39 is 0 Å². The van der Waals surface area contributed by atoms with Gasteiger partial charge in [0.05, 0.1) is 23.1 Å². The van der Waals surface area contributed by atoms with Gasteiger partial charge in [-0.2, -0.15) is 5.10 Å². The Morgan fingerprint density at radius 3 is 2.50 bits per heavy atom. The van der Waals surface area contributed by atoms with Gasteiger partial charge < -0.3 is 15.1 Å². The first kappa shape index (κ1) is 25.3. The quantitative estimate of drug-likeness (QED) is 0.286. The second-order valence-electron chi connectivity index (χ2n) is 8.56. The average molecular weight is 507 g/mol. The van der Waals surface area contributed by atoms with Crippen molar-refractivity contribution in [2.75, 3.05) is 7.05 Å². The number of oxazole rings is 1. The summed E-state index contributed by atoms with van der Waals surface area (Å²) in [7, 11) is 3.53. The molecule has 3 heterocycles. The summed E-state index contributed by atoms with van der Waals surface area (Å²) in [6, 6.07) is 9.52. The van der Waals surface area contributed by atoms with Crippen molar-refractivity contribution in [3.05, 3.63) is 64.7 Å². The number of aryl methyl sites for hydroxylation is 2. The number of amides is 2. The van der Waals surface area contributed by atoms with E-state index >= 15 is 0 Å². The van der Waals surface area contributed by atoms with Crippen LogP contribution in [0.1, 0.15) is 58.7 Å². The fraction of sp³-hybridized carbons (Fsp3) is 0.346. The number of nitrogens with one attached hydrogen (secondary N) is 2. The van der Waals surface area contributed by atoms with Gasteiger partial charge in [-0.3, -0.25) is 14.3 Å². The fourth-order valence-electron chi connectivity index (χ4n) is 3.85. The monoisotopic (exact) mass is 506 g/mol. The predicted molar refractivity (Wildman–Crippen MR) is 138 cm³/mol. The Bertz CT molecular complexity index is 1310. The molecule has 0 saturated carbocycles. The predicted octanol–water partition coefficient (Wildman–Crippen LogP) is 4.67. The molecular weight excluding hydrogens is 476 g/mol. The van der Waals surface area contributed by atoms with Gasteiger partial charge in [0.25, 0.3) is 5.91 Å². The van der Waals surface area contributed by atoms with E-state index in [1.54, 1.807) is 24.1 Å². The molecule has 4 aromatic rings. The molecule has 0 unspecified atom stereocenters. The third kappa shape index (κ3) is 6.45. The van der Waals surface area contributed by atoms with Crippen molar-refractivity contribution in [1.29, 1.82) is 0 Å². The first-order valence-corrected chi connectivity index (χ1v) is 12.7. The van der Waals surface area contributed by atoms with E-state index in [0.29, 0.717) is 29.4 Å². The minimum atomic E-state index is -0.388. The van der Waals surface area contributed by atoms with E-state index in [-0.39, 0.29) is 17.9 Å². The van der Waals surface area contributed by atoms with Gasteiger partial charge in [0.1, 0.15) is 10.9 Å². The van der Waals surface area contributed by atoms with E-state index in [0.717, 1.165) is 41.1 Å². The molecule has 0 spiro atoms. The molecule has 188 valence electrons. The number of hydrogen-bond acceptors (Lipinski definition) is 7. The van der Waals surface area contributed by atoms with Crippen LogP contribution in [0, 0.1) is 6.92 Å². The van der Waals surface area contributed by atoms with Crippen molar-refractivity contribution in [2.45, 2.75) is 45.1 Å². The van der Waals surface area contributed by atoms with Gasteiger partial charge in [-0.05, 0) is 25.8 Å².